The zero-order chi connectivity index (χ0) is 30.2. The second kappa shape index (κ2) is 11.6. The number of hydrogen-bond donors (Lipinski definition) is 3. The summed E-state index contributed by atoms with van der Waals surface area (Å²) in [6.45, 7) is 4.90. The molecule has 3 aromatic rings. The molecule has 1 aromatic carbocycles. The van der Waals surface area contributed by atoms with Gasteiger partial charge >= 0.3 is 6.09 Å². The zero-order valence-corrected chi connectivity index (χ0v) is 24.5. The lowest BCUT2D eigenvalue weighted by Gasteiger charge is -2.35. The second-order valence-corrected chi connectivity index (χ2v) is 13.5. The van der Waals surface area contributed by atoms with E-state index in [0.717, 1.165) is 16.2 Å². The lowest BCUT2D eigenvalue weighted by atomic mass is 10.1. The highest BCUT2D eigenvalue weighted by Gasteiger charge is 2.41. The zero-order valence-electron chi connectivity index (χ0n) is 22.9. The Balaban J connectivity index is 1.21. The topological polar surface area (TPSA) is 161 Å². The third-order valence-electron chi connectivity index (χ3n) is 7.14. The van der Waals surface area contributed by atoms with Crippen LogP contribution >= 0.6 is 11.3 Å². The van der Waals surface area contributed by atoms with E-state index in [1.807, 2.05) is 6.92 Å². The predicted octanol–water partition coefficient (Wildman–Crippen LogP) is 2.77. The first-order valence-corrected chi connectivity index (χ1v) is 15.5. The first kappa shape index (κ1) is 29.9. The van der Waals surface area contributed by atoms with Crippen molar-refractivity contribution in [3.05, 3.63) is 35.8 Å². The molecule has 4 heterocycles. The van der Waals surface area contributed by atoms with Crippen molar-refractivity contribution in [3.8, 4) is 0 Å². The summed E-state index contributed by atoms with van der Waals surface area (Å²) in [6.07, 6.45) is -0.351. The highest BCUT2D eigenvalue weighted by atomic mass is 32.2. The molecule has 17 heteroatoms. The number of para-hydroxylation sites is 1. The van der Waals surface area contributed by atoms with Gasteiger partial charge in [-0.05, 0) is 26.0 Å². The van der Waals surface area contributed by atoms with Crippen LogP contribution < -0.4 is 10.6 Å². The molecule has 1 unspecified atom stereocenters. The number of carbonyl (C=O) groups is 2. The average Bonchev–Trinajstić information content (AvgIpc) is 3.49. The number of nitrogens with zero attached hydrogens (tertiary/aromatic N) is 6. The molecule has 2 saturated heterocycles. The Morgan fingerprint density at radius 1 is 1.17 bits per heavy atom. The van der Waals surface area contributed by atoms with Crippen molar-refractivity contribution in [1.29, 1.82) is 0 Å². The number of piperazine rings is 1. The largest absolute Gasteiger partial charge is 0.465 e. The SMILES string of the molecule is Cc1nc(NC(=O)O)sc1S(=O)(=O)N1CCN(CC(C)Nc2ncnc3c(C(=O)N4CCC(F)(F)C4)cccc23)CC1. The fraction of sp³-hybridized carbons (Fsp3) is 0.480. The Labute approximate surface area is 244 Å². The van der Waals surface area contributed by atoms with Crippen molar-refractivity contribution in [2.24, 2.45) is 0 Å². The maximum absolute atomic E-state index is 13.7. The third-order valence-corrected chi connectivity index (χ3v) is 10.7. The molecule has 0 bridgehead atoms. The van der Waals surface area contributed by atoms with Crippen molar-refractivity contribution in [1.82, 2.24) is 29.1 Å². The fourth-order valence-corrected chi connectivity index (χ4v) is 8.12. The van der Waals surface area contributed by atoms with E-state index in [-0.39, 0.29) is 52.7 Å². The maximum atomic E-state index is 13.7. The Hall–Kier alpha value is -3.54. The first-order valence-electron chi connectivity index (χ1n) is 13.2. The summed E-state index contributed by atoms with van der Waals surface area (Å²) in [5, 5.41) is 14.9. The van der Waals surface area contributed by atoms with Crippen LogP contribution in [0.1, 0.15) is 29.4 Å². The molecule has 1 atom stereocenters. The van der Waals surface area contributed by atoms with Crippen LogP contribution in [0.4, 0.5) is 24.5 Å². The molecule has 0 spiro atoms. The Morgan fingerprint density at radius 3 is 2.57 bits per heavy atom. The molecule has 0 radical (unpaired) electrons. The molecule has 42 heavy (non-hydrogen) atoms. The Kier molecular flexibility index (Phi) is 8.28. The minimum Gasteiger partial charge on any atom is -0.465 e. The minimum absolute atomic E-state index is 0.00318. The van der Waals surface area contributed by atoms with Crippen molar-refractivity contribution < 1.29 is 31.9 Å². The number of aromatic nitrogens is 3. The van der Waals surface area contributed by atoms with Crippen LogP contribution in [0.15, 0.2) is 28.7 Å². The highest BCUT2D eigenvalue weighted by molar-refractivity contribution is 7.91. The third kappa shape index (κ3) is 6.28. The molecular formula is C25H30F2N8O5S2. The van der Waals surface area contributed by atoms with Gasteiger partial charge in [-0.15, -0.1) is 0 Å². The van der Waals surface area contributed by atoms with Gasteiger partial charge in [-0.3, -0.25) is 15.0 Å². The van der Waals surface area contributed by atoms with Gasteiger partial charge in [-0.2, -0.15) is 4.31 Å². The van der Waals surface area contributed by atoms with Crippen LogP contribution in [0.3, 0.4) is 0 Å². The second-order valence-electron chi connectivity index (χ2n) is 10.3. The van der Waals surface area contributed by atoms with Gasteiger partial charge in [0.25, 0.3) is 21.9 Å². The molecule has 0 saturated carbocycles. The lowest BCUT2D eigenvalue weighted by Crippen LogP contribution is -2.50. The number of alkyl halides is 2. The summed E-state index contributed by atoms with van der Waals surface area (Å²) in [6, 6.07) is 4.90. The van der Waals surface area contributed by atoms with Gasteiger partial charge < -0.3 is 15.3 Å². The van der Waals surface area contributed by atoms with Crippen molar-refractivity contribution in [3.63, 3.8) is 0 Å². The fourth-order valence-electron chi connectivity index (χ4n) is 5.16. The summed E-state index contributed by atoms with van der Waals surface area (Å²) in [5.41, 5.74) is 0.855. The molecule has 13 nitrogen and oxygen atoms in total. The van der Waals surface area contributed by atoms with Crippen molar-refractivity contribution in [2.75, 3.05) is 56.4 Å². The van der Waals surface area contributed by atoms with E-state index in [9.17, 15) is 26.8 Å². The van der Waals surface area contributed by atoms with Crippen molar-refractivity contribution in [2.45, 2.75) is 36.4 Å². The summed E-state index contributed by atoms with van der Waals surface area (Å²) in [4.78, 5) is 39.8. The number of anilines is 2. The number of carboxylic acid groups (broad SMARTS) is 1. The maximum Gasteiger partial charge on any atom is 0.410 e. The summed E-state index contributed by atoms with van der Waals surface area (Å²) < 4.78 is 55.2. The van der Waals surface area contributed by atoms with Gasteiger partial charge in [0.15, 0.2) is 9.34 Å². The van der Waals surface area contributed by atoms with Crippen LogP contribution in [0.5, 0.6) is 0 Å². The van der Waals surface area contributed by atoms with Gasteiger partial charge in [-0.1, -0.05) is 17.4 Å². The van der Waals surface area contributed by atoms with E-state index in [1.165, 1.54) is 17.6 Å². The number of rotatable bonds is 8. The van der Waals surface area contributed by atoms with Gasteiger partial charge in [0, 0.05) is 57.1 Å². The van der Waals surface area contributed by atoms with Gasteiger partial charge in [0.1, 0.15) is 12.1 Å². The number of carbonyl (C=O) groups excluding carboxylic acids is 1. The van der Waals surface area contributed by atoms with Crippen LogP contribution in [0.25, 0.3) is 10.9 Å². The number of nitrogens with one attached hydrogen (secondary N) is 2. The molecule has 5 rings (SSSR count). The first-order chi connectivity index (χ1) is 19.8. The van der Waals surface area contributed by atoms with Gasteiger partial charge in [-0.25, -0.2) is 36.9 Å². The monoisotopic (exact) mass is 624 g/mol. The Bertz CT molecular complexity index is 1610. The predicted molar refractivity (Wildman–Crippen MR) is 152 cm³/mol. The van der Waals surface area contributed by atoms with Crippen LogP contribution in [-0.4, -0.2) is 112 Å². The number of likely N-dealkylation sites (tertiary alicyclic amines) is 1. The summed E-state index contributed by atoms with van der Waals surface area (Å²) in [5.74, 6) is -2.89. The van der Waals surface area contributed by atoms with E-state index >= 15 is 0 Å². The van der Waals surface area contributed by atoms with Crippen LogP contribution in [-0.2, 0) is 10.0 Å². The number of aryl methyl sites for hydroxylation is 1. The number of fused-ring (bicyclic) bond motifs is 1. The van der Waals surface area contributed by atoms with Gasteiger partial charge in [0.05, 0.1) is 23.3 Å². The number of amides is 2. The molecule has 2 amide bonds. The van der Waals surface area contributed by atoms with E-state index in [2.05, 4.69) is 30.5 Å². The normalized spacial score (nSPS) is 18.7. The molecule has 3 N–H and O–H groups in total. The number of halogens is 2. The number of thiazole rings is 1. The summed E-state index contributed by atoms with van der Waals surface area (Å²) in [7, 11) is -3.83. The average molecular weight is 625 g/mol. The van der Waals surface area contributed by atoms with E-state index < -0.39 is 34.5 Å². The summed E-state index contributed by atoms with van der Waals surface area (Å²) >= 11 is 0.786. The molecule has 2 aromatic heterocycles. The van der Waals surface area contributed by atoms with Crippen LogP contribution in [0, 0.1) is 6.92 Å². The van der Waals surface area contributed by atoms with Crippen LogP contribution in [0.2, 0.25) is 0 Å². The van der Waals surface area contributed by atoms with E-state index in [4.69, 9.17) is 5.11 Å². The molecule has 2 aliphatic heterocycles. The van der Waals surface area contributed by atoms with E-state index in [0.29, 0.717) is 36.4 Å². The highest BCUT2D eigenvalue weighted by Crippen LogP contribution is 2.31. The number of benzene rings is 1. The van der Waals surface area contributed by atoms with Crippen molar-refractivity contribution >= 4 is 55.2 Å². The lowest BCUT2D eigenvalue weighted by molar-refractivity contribution is 0.0120. The van der Waals surface area contributed by atoms with Gasteiger partial charge in [0.2, 0.25) is 0 Å². The number of hydrogen-bond acceptors (Lipinski definition) is 10. The molecule has 0 aliphatic carbocycles. The minimum atomic E-state index is -3.83. The van der Waals surface area contributed by atoms with E-state index in [1.54, 1.807) is 18.2 Å². The molecule has 226 valence electrons. The standard InChI is InChI=1S/C25H30F2N8O5S2/c1-15(12-33-8-10-35(11-9-33)42(39,40)22-16(2)31-23(41-22)32-24(37)38)30-20-17-4-3-5-18(19(17)28-14-29-20)21(36)34-7-6-25(26,27)13-34/h3-5,14-15H,6-13H2,1-2H3,(H,31,32)(H,37,38)(H,28,29,30). The Morgan fingerprint density at radius 2 is 1.90 bits per heavy atom. The smallest absolute Gasteiger partial charge is 0.410 e. The molecule has 2 aliphatic rings. The molecule has 2 fully saturated rings. The quantitative estimate of drug-likeness (QED) is 0.340. The molecular weight excluding hydrogens is 594 g/mol. The number of sulfonamides is 1.